The van der Waals surface area contributed by atoms with Gasteiger partial charge in [-0.15, -0.1) is 0 Å². The van der Waals surface area contributed by atoms with Crippen LogP contribution in [-0.2, 0) is 20.9 Å². The van der Waals surface area contributed by atoms with Crippen molar-refractivity contribution in [3.8, 4) is 0 Å². The Balaban J connectivity index is 1.68. The minimum Gasteiger partial charge on any atom is -0.478 e. The molecule has 0 unspecified atom stereocenters. The van der Waals surface area contributed by atoms with E-state index >= 15 is 0 Å². The SMILES string of the molecule is CN1C(=O)CN(CCC(=O)OCc2ccccc2)C(=O)c2ccc(C(=O)O)cc21. The molecule has 1 aliphatic rings. The molecule has 0 fully saturated rings. The van der Waals surface area contributed by atoms with Crippen molar-refractivity contribution < 1.29 is 29.0 Å². The van der Waals surface area contributed by atoms with Crippen molar-refractivity contribution in [3.63, 3.8) is 0 Å². The summed E-state index contributed by atoms with van der Waals surface area (Å²) in [5.41, 5.74) is 1.27. The highest BCUT2D eigenvalue weighted by molar-refractivity contribution is 6.10. The summed E-state index contributed by atoms with van der Waals surface area (Å²) in [6.45, 7) is -0.0549. The van der Waals surface area contributed by atoms with Gasteiger partial charge in [-0.1, -0.05) is 30.3 Å². The maximum absolute atomic E-state index is 12.8. The Kier molecular flexibility index (Phi) is 5.92. The minimum atomic E-state index is -1.15. The molecule has 29 heavy (non-hydrogen) atoms. The van der Waals surface area contributed by atoms with Crippen LogP contribution in [0.4, 0.5) is 5.69 Å². The van der Waals surface area contributed by atoms with Crippen LogP contribution in [0.1, 0.15) is 32.7 Å². The lowest BCUT2D eigenvalue weighted by Crippen LogP contribution is -2.39. The van der Waals surface area contributed by atoms with Gasteiger partial charge in [-0.3, -0.25) is 14.4 Å². The van der Waals surface area contributed by atoms with Gasteiger partial charge in [0, 0.05) is 13.6 Å². The van der Waals surface area contributed by atoms with Gasteiger partial charge in [-0.25, -0.2) is 4.79 Å². The van der Waals surface area contributed by atoms with Crippen LogP contribution in [0.3, 0.4) is 0 Å². The van der Waals surface area contributed by atoms with E-state index in [1.807, 2.05) is 30.3 Å². The molecule has 1 N–H and O–H groups in total. The van der Waals surface area contributed by atoms with Crippen molar-refractivity contribution in [1.29, 1.82) is 0 Å². The first-order chi connectivity index (χ1) is 13.9. The molecule has 2 aromatic rings. The molecular formula is C21H20N2O6. The van der Waals surface area contributed by atoms with Crippen LogP contribution in [0, 0.1) is 0 Å². The Hall–Kier alpha value is -3.68. The zero-order valence-electron chi connectivity index (χ0n) is 15.8. The van der Waals surface area contributed by atoms with Gasteiger partial charge in [0.1, 0.15) is 13.2 Å². The fraction of sp³-hybridized carbons (Fsp3) is 0.238. The monoisotopic (exact) mass is 396 g/mol. The summed E-state index contributed by atoms with van der Waals surface area (Å²) in [5, 5.41) is 9.15. The summed E-state index contributed by atoms with van der Waals surface area (Å²) in [7, 11) is 1.48. The lowest BCUT2D eigenvalue weighted by molar-refractivity contribution is -0.145. The van der Waals surface area contributed by atoms with Crippen molar-refractivity contribution in [2.75, 3.05) is 25.0 Å². The number of benzene rings is 2. The molecule has 0 atom stereocenters. The maximum atomic E-state index is 12.8. The van der Waals surface area contributed by atoms with E-state index in [2.05, 4.69) is 0 Å². The Labute approximate surface area is 167 Å². The van der Waals surface area contributed by atoms with E-state index < -0.39 is 17.8 Å². The maximum Gasteiger partial charge on any atom is 0.335 e. The van der Waals surface area contributed by atoms with Crippen LogP contribution in [0.15, 0.2) is 48.5 Å². The second kappa shape index (κ2) is 8.55. The number of anilines is 1. The molecule has 150 valence electrons. The number of hydrogen-bond acceptors (Lipinski definition) is 5. The molecule has 0 spiro atoms. The number of likely N-dealkylation sites (N-methyl/N-ethyl adjacent to an activating group) is 1. The minimum absolute atomic E-state index is 0.0193. The number of carboxylic acid groups (broad SMARTS) is 1. The van der Waals surface area contributed by atoms with E-state index in [-0.39, 0.29) is 48.8 Å². The molecule has 2 amide bonds. The van der Waals surface area contributed by atoms with E-state index in [1.54, 1.807) is 0 Å². The van der Waals surface area contributed by atoms with Gasteiger partial charge in [-0.05, 0) is 23.8 Å². The Morgan fingerprint density at radius 2 is 1.83 bits per heavy atom. The molecule has 0 bridgehead atoms. The number of hydrogen-bond donors (Lipinski definition) is 1. The van der Waals surface area contributed by atoms with Crippen molar-refractivity contribution in [3.05, 3.63) is 65.2 Å². The second-order valence-electron chi connectivity index (χ2n) is 6.61. The predicted octanol–water partition coefficient (Wildman–Crippen LogP) is 1.94. The number of rotatable bonds is 6. The summed E-state index contributed by atoms with van der Waals surface area (Å²) in [6, 6.07) is 13.2. The van der Waals surface area contributed by atoms with Crippen molar-refractivity contribution >= 4 is 29.4 Å². The Morgan fingerprint density at radius 1 is 1.10 bits per heavy atom. The highest BCUT2D eigenvalue weighted by atomic mass is 16.5. The first kappa shape index (κ1) is 20.1. The summed E-state index contributed by atoms with van der Waals surface area (Å²) in [5.74, 6) is -2.45. The van der Waals surface area contributed by atoms with Crippen molar-refractivity contribution in [1.82, 2.24) is 4.90 Å². The molecule has 0 saturated heterocycles. The predicted molar refractivity (Wildman–Crippen MR) is 104 cm³/mol. The van der Waals surface area contributed by atoms with E-state index in [9.17, 15) is 19.2 Å². The fourth-order valence-electron chi connectivity index (χ4n) is 2.99. The molecule has 1 heterocycles. The number of aromatic carboxylic acids is 1. The largest absolute Gasteiger partial charge is 0.478 e. The molecule has 8 heteroatoms. The molecule has 2 aromatic carbocycles. The zero-order chi connectivity index (χ0) is 21.0. The summed E-state index contributed by atoms with van der Waals surface area (Å²) >= 11 is 0. The highest BCUT2D eigenvalue weighted by Crippen LogP contribution is 2.26. The number of fused-ring (bicyclic) bond motifs is 1. The lowest BCUT2D eigenvalue weighted by Gasteiger charge is -2.19. The Bertz CT molecular complexity index is 957. The number of ether oxygens (including phenoxy) is 1. The quantitative estimate of drug-likeness (QED) is 0.749. The molecular weight excluding hydrogens is 376 g/mol. The number of amides is 2. The summed E-state index contributed by atoms with van der Waals surface area (Å²) in [4.78, 5) is 51.1. The van der Waals surface area contributed by atoms with Gasteiger partial charge in [0.05, 0.1) is 23.2 Å². The zero-order valence-corrected chi connectivity index (χ0v) is 15.8. The van der Waals surface area contributed by atoms with E-state index in [4.69, 9.17) is 9.84 Å². The normalized spacial score (nSPS) is 13.7. The smallest absolute Gasteiger partial charge is 0.335 e. The fourth-order valence-corrected chi connectivity index (χ4v) is 2.99. The topological polar surface area (TPSA) is 104 Å². The molecule has 0 saturated carbocycles. The average Bonchev–Trinajstić information content (AvgIpc) is 2.81. The second-order valence-corrected chi connectivity index (χ2v) is 6.61. The van der Waals surface area contributed by atoms with Crippen LogP contribution in [0.2, 0.25) is 0 Å². The van der Waals surface area contributed by atoms with Crippen LogP contribution < -0.4 is 4.90 Å². The molecule has 8 nitrogen and oxygen atoms in total. The number of nitrogens with zero attached hydrogens (tertiary/aromatic N) is 2. The van der Waals surface area contributed by atoms with Gasteiger partial charge in [0.15, 0.2) is 0 Å². The Morgan fingerprint density at radius 3 is 2.52 bits per heavy atom. The lowest BCUT2D eigenvalue weighted by atomic mass is 10.1. The van der Waals surface area contributed by atoms with Crippen LogP contribution in [-0.4, -0.2) is 53.9 Å². The standard InChI is InChI=1S/C21H20N2O6/c1-22-17-11-15(21(27)28)7-8-16(17)20(26)23(12-18(22)24)10-9-19(25)29-13-14-5-3-2-4-6-14/h2-8,11H,9-10,12-13H2,1H3,(H,27,28). The number of carbonyl (C=O) groups is 4. The third kappa shape index (κ3) is 4.60. The van der Waals surface area contributed by atoms with Crippen LogP contribution >= 0.6 is 0 Å². The third-order valence-electron chi connectivity index (χ3n) is 4.65. The van der Waals surface area contributed by atoms with E-state index in [0.717, 1.165) is 5.56 Å². The van der Waals surface area contributed by atoms with Gasteiger partial charge in [0.25, 0.3) is 5.91 Å². The molecule has 0 aromatic heterocycles. The summed E-state index contributed by atoms with van der Waals surface area (Å²) in [6.07, 6.45) is -0.0574. The van der Waals surface area contributed by atoms with Gasteiger partial charge >= 0.3 is 11.9 Å². The van der Waals surface area contributed by atoms with Gasteiger partial charge < -0.3 is 19.6 Å². The van der Waals surface area contributed by atoms with Crippen LogP contribution in [0.5, 0.6) is 0 Å². The number of carboxylic acids is 1. The summed E-state index contributed by atoms with van der Waals surface area (Å²) < 4.78 is 5.21. The molecule has 3 rings (SSSR count). The highest BCUT2D eigenvalue weighted by Gasteiger charge is 2.30. The molecule has 1 aliphatic heterocycles. The van der Waals surface area contributed by atoms with Gasteiger partial charge in [-0.2, -0.15) is 0 Å². The average molecular weight is 396 g/mol. The first-order valence-electron chi connectivity index (χ1n) is 8.99. The van der Waals surface area contributed by atoms with E-state index in [1.165, 1.54) is 35.0 Å². The third-order valence-corrected chi connectivity index (χ3v) is 4.65. The number of carbonyl (C=O) groups excluding carboxylic acids is 3. The number of esters is 1. The molecule has 0 aliphatic carbocycles. The van der Waals surface area contributed by atoms with E-state index in [0.29, 0.717) is 0 Å². The molecule has 0 radical (unpaired) electrons. The van der Waals surface area contributed by atoms with Crippen molar-refractivity contribution in [2.24, 2.45) is 0 Å². The van der Waals surface area contributed by atoms with Crippen molar-refractivity contribution in [2.45, 2.75) is 13.0 Å². The first-order valence-corrected chi connectivity index (χ1v) is 8.99. The van der Waals surface area contributed by atoms with Crippen LogP contribution in [0.25, 0.3) is 0 Å². The van der Waals surface area contributed by atoms with Gasteiger partial charge in [0.2, 0.25) is 5.91 Å².